The molecule has 3 aromatic heterocycles. The van der Waals surface area contributed by atoms with Crippen LogP contribution < -0.4 is 16.2 Å². The molecule has 0 unspecified atom stereocenters. The standard InChI is InChI=1S/C15H15N7O3S/c16-10-5-9(7-17-8-10)13-19-22-12(23)6-11(18-14(22)26-13)20-1-3-21(4-2-20)15(24)25/h5-8H,1-4,16H2,(H,24,25). The second kappa shape index (κ2) is 6.26. The Bertz CT molecular complexity index is 1040. The molecule has 1 aliphatic heterocycles. The van der Waals surface area contributed by atoms with Gasteiger partial charge in [-0.2, -0.15) is 9.61 Å². The molecular weight excluding hydrogens is 358 g/mol. The summed E-state index contributed by atoms with van der Waals surface area (Å²) in [5.74, 6) is 0.529. The van der Waals surface area contributed by atoms with Crippen LogP contribution in [0.15, 0.2) is 29.3 Å². The van der Waals surface area contributed by atoms with Gasteiger partial charge in [0.2, 0.25) is 4.96 Å². The van der Waals surface area contributed by atoms with Crippen molar-refractivity contribution in [2.24, 2.45) is 0 Å². The number of carbonyl (C=O) groups is 1. The van der Waals surface area contributed by atoms with Gasteiger partial charge in [-0.15, -0.1) is 0 Å². The van der Waals surface area contributed by atoms with Gasteiger partial charge in [0.1, 0.15) is 10.8 Å². The van der Waals surface area contributed by atoms with Crippen molar-refractivity contribution >= 4 is 33.9 Å². The summed E-state index contributed by atoms with van der Waals surface area (Å²) in [4.78, 5) is 35.7. The van der Waals surface area contributed by atoms with Gasteiger partial charge in [0, 0.05) is 50.2 Å². The van der Waals surface area contributed by atoms with Gasteiger partial charge in [-0.3, -0.25) is 9.78 Å². The first-order chi connectivity index (χ1) is 12.5. The first-order valence-corrected chi connectivity index (χ1v) is 8.67. The van der Waals surface area contributed by atoms with E-state index in [0.717, 1.165) is 5.56 Å². The molecule has 1 saturated heterocycles. The molecule has 1 aliphatic rings. The number of hydrogen-bond acceptors (Lipinski definition) is 8. The highest BCUT2D eigenvalue weighted by Crippen LogP contribution is 2.25. The summed E-state index contributed by atoms with van der Waals surface area (Å²) >= 11 is 1.27. The summed E-state index contributed by atoms with van der Waals surface area (Å²) in [7, 11) is 0. The molecule has 1 fully saturated rings. The number of rotatable bonds is 2. The first-order valence-electron chi connectivity index (χ1n) is 7.86. The molecule has 3 N–H and O–H groups in total. The highest BCUT2D eigenvalue weighted by atomic mass is 32.1. The molecule has 0 saturated carbocycles. The van der Waals surface area contributed by atoms with E-state index in [4.69, 9.17) is 10.8 Å². The molecule has 0 aliphatic carbocycles. The fraction of sp³-hybridized carbons (Fsp3) is 0.267. The lowest BCUT2D eigenvalue weighted by atomic mass is 10.3. The molecular formula is C15H15N7O3S. The van der Waals surface area contributed by atoms with E-state index in [1.807, 2.05) is 4.90 Å². The Kier molecular flexibility index (Phi) is 3.92. The third-order valence-electron chi connectivity index (χ3n) is 4.11. The van der Waals surface area contributed by atoms with E-state index in [2.05, 4.69) is 15.1 Å². The van der Waals surface area contributed by atoms with Gasteiger partial charge in [0.25, 0.3) is 5.56 Å². The molecule has 134 valence electrons. The van der Waals surface area contributed by atoms with Crippen LogP contribution in [0.25, 0.3) is 15.5 Å². The van der Waals surface area contributed by atoms with E-state index in [9.17, 15) is 9.59 Å². The van der Waals surface area contributed by atoms with Gasteiger partial charge < -0.3 is 20.6 Å². The summed E-state index contributed by atoms with van der Waals surface area (Å²) in [6.45, 7) is 1.72. The van der Waals surface area contributed by atoms with Crippen LogP contribution in [0.1, 0.15) is 0 Å². The zero-order valence-corrected chi connectivity index (χ0v) is 14.4. The molecule has 4 rings (SSSR count). The average molecular weight is 373 g/mol. The maximum Gasteiger partial charge on any atom is 0.407 e. The van der Waals surface area contributed by atoms with Gasteiger partial charge in [-0.05, 0) is 6.07 Å². The number of anilines is 2. The summed E-state index contributed by atoms with van der Waals surface area (Å²) in [5.41, 5.74) is 6.70. The molecule has 1 amide bonds. The number of fused-ring (bicyclic) bond motifs is 1. The predicted octanol–water partition coefficient (Wildman–Crippen LogP) is 0.595. The molecule has 10 nitrogen and oxygen atoms in total. The zero-order chi connectivity index (χ0) is 18.3. The van der Waals surface area contributed by atoms with Gasteiger partial charge >= 0.3 is 6.09 Å². The summed E-state index contributed by atoms with van der Waals surface area (Å²) in [6.07, 6.45) is 2.23. The number of piperazine rings is 1. The molecule has 0 radical (unpaired) electrons. The van der Waals surface area contributed by atoms with Crippen molar-refractivity contribution in [1.82, 2.24) is 24.5 Å². The number of nitrogens with two attached hydrogens (primary N) is 1. The monoisotopic (exact) mass is 373 g/mol. The van der Waals surface area contributed by atoms with Crippen molar-refractivity contribution in [3.05, 3.63) is 34.9 Å². The maximum absolute atomic E-state index is 12.4. The van der Waals surface area contributed by atoms with Crippen LogP contribution in [-0.2, 0) is 0 Å². The van der Waals surface area contributed by atoms with Gasteiger partial charge in [-0.1, -0.05) is 11.3 Å². The first kappa shape index (κ1) is 16.3. The average Bonchev–Trinajstić information content (AvgIpc) is 3.07. The molecule has 0 aromatic carbocycles. The van der Waals surface area contributed by atoms with Crippen molar-refractivity contribution < 1.29 is 9.90 Å². The smallest absolute Gasteiger partial charge is 0.407 e. The van der Waals surface area contributed by atoms with Crippen LogP contribution in [-0.4, -0.2) is 61.9 Å². The van der Waals surface area contributed by atoms with E-state index in [1.165, 1.54) is 33.0 Å². The highest BCUT2D eigenvalue weighted by Gasteiger charge is 2.22. The summed E-state index contributed by atoms with van der Waals surface area (Å²) in [5, 5.41) is 13.9. The number of nitrogen functional groups attached to an aromatic ring is 1. The molecule has 0 atom stereocenters. The lowest BCUT2D eigenvalue weighted by Crippen LogP contribution is -2.48. The third-order valence-corrected chi connectivity index (χ3v) is 5.07. The zero-order valence-electron chi connectivity index (χ0n) is 13.6. The number of nitrogens with zero attached hydrogens (tertiary/aromatic N) is 6. The van der Waals surface area contributed by atoms with Crippen LogP contribution in [0.3, 0.4) is 0 Å². The van der Waals surface area contributed by atoms with Crippen LogP contribution in [0.5, 0.6) is 0 Å². The Morgan fingerprint density at radius 3 is 2.65 bits per heavy atom. The summed E-state index contributed by atoms with van der Waals surface area (Å²) < 4.78 is 1.25. The molecule has 11 heteroatoms. The van der Waals surface area contributed by atoms with Gasteiger partial charge in [0.05, 0.1) is 5.69 Å². The second-order valence-electron chi connectivity index (χ2n) is 5.82. The lowest BCUT2D eigenvalue weighted by Gasteiger charge is -2.33. The number of hydrogen-bond donors (Lipinski definition) is 2. The summed E-state index contributed by atoms with van der Waals surface area (Å²) in [6, 6.07) is 3.16. The van der Waals surface area contributed by atoms with Crippen molar-refractivity contribution in [3.8, 4) is 10.6 Å². The second-order valence-corrected chi connectivity index (χ2v) is 6.77. The highest BCUT2D eigenvalue weighted by molar-refractivity contribution is 7.19. The van der Waals surface area contributed by atoms with Crippen LogP contribution in [0.4, 0.5) is 16.3 Å². The molecule has 0 spiro atoms. The Morgan fingerprint density at radius 1 is 1.19 bits per heavy atom. The molecule has 26 heavy (non-hydrogen) atoms. The molecule has 3 aromatic rings. The fourth-order valence-corrected chi connectivity index (χ4v) is 3.66. The van der Waals surface area contributed by atoms with E-state index >= 15 is 0 Å². The topological polar surface area (TPSA) is 130 Å². The molecule has 4 heterocycles. The van der Waals surface area contributed by atoms with Crippen molar-refractivity contribution in [1.29, 1.82) is 0 Å². The van der Waals surface area contributed by atoms with Gasteiger partial charge in [-0.25, -0.2) is 9.78 Å². The van der Waals surface area contributed by atoms with Crippen molar-refractivity contribution in [2.45, 2.75) is 0 Å². The van der Waals surface area contributed by atoms with Crippen molar-refractivity contribution in [3.63, 3.8) is 0 Å². The van der Waals surface area contributed by atoms with Crippen LogP contribution in [0.2, 0.25) is 0 Å². The Hall–Kier alpha value is -3.21. The maximum atomic E-state index is 12.4. The van der Waals surface area contributed by atoms with Crippen LogP contribution in [0, 0.1) is 0 Å². The largest absolute Gasteiger partial charge is 0.465 e. The van der Waals surface area contributed by atoms with Crippen molar-refractivity contribution in [2.75, 3.05) is 36.8 Å². The Labute approximate surface area is 151 Å². The Morgan fingerprint density at radius 2 is 1.96 bits per heavy atom. The minimum atomic E-state index is -0.934. The quantitative estimate of drug-likeness (QED) is 0.668. The third kappa shape index (κ3) is 2.92. The van der Waals surface area contributed by atoms with E-state index in [-0.39, 0.29) is 5.56 Å². The number of amides is 1. The minimum absolute atomic E-state index is 0.287. The molecule has 0 bridgehead atoms. The number of pyridine rings is 1. The predicted molar refractivity (Wildman–Crippen MR) is 96.6 cm³/mol. The van der Waals surface area contributed by atoms with E-state index < -0.39 is 6.09 Å². The Balaban J connectivity index is 1.67. The lowest BCUT2D eigenvalue weighted by molar-refractivity contribution is 0.142. The SMILES string of the molecule is Nc1cncc(-c2nn3c(=O)cc(N4CCN(C(=O)O)CC4)nc3s2)c1. The van der Waals surface area contributed by atoms with E-state index in [0.29, 0.717) is 47.7 Å². The van der Waals surface area contributed by atoms with Crippen LogP contribution >= 0.6 is 11.3 Å². The van der Waals surface area contributed by atoms with Gasteiger partial charge in [0.15, 0.2) is 0 Å². The fourth-order valence-electron chi connectivity index (χ4n) is 2.78. The number of aromatic nitrogens is 4. The normalized spacial score (nSPS) is 14.8. The number of carboxylic acid groups (broad SMARTS) is 1. The minimum Gasteiger partial charge on any atom is -0.465 e. The van der Waals surface area contributed by atoms with E-state index in [1.54, 1.807) is 12.3 Å².